The number of benzene rings is 2. The molecule has 11 heteroatoms. The summed E-state index contributed by atoms with van der Waals surface area (Å²) in [5.74, 6) is -2.19. The molecule has 0 aromatic heterocycles. The molecule has 1 N–H and O–H groups in total. The highest BCUT2D eigenvalue weighted by Crippen LogP contribution is 2.33. The molecule has 2 aliphatic heterocycles. The molecule has 0 aliphatic carbocycles. The summed E-state index contributed by atoms with van der Waals surface area (Å²) in [6.07, 6.45) is 4.24. The van der Waals surface area contributed by atoms with Gasteiger partial charge in [-0.15, -0.1) is 0 Å². The predicted octanol–water partition coefficient (Wildman–Crippen LogP) is 1.90. The van der Waals surface area contributed by atoms with Crippen LogP contribution >= 0.6 is 23.2 Å². The summed E-state index contributed by atoms with van der Waals surface area (Å²) >= 11 is 12.5. The molecule has 2 heterocycles. The van der Waals surface area contributed by atoms with E-state index in [1.807, 2.05) is 30.3 Å². The Morgan fingerprint density at radius 1 is 0.974 bits per heavy atom. The van der Waals surface area contributed by atoms with Crippen LogP contribution in [0.1, 0.15) is 24.8 Å². The number of aliphatic carboxylic acids is 2. The van der Waals surface area contributed by atoms with E-state index in [1.165, 1.54) is 5.56 Å². The Labute approximate surface area is 231 Å². The lowest BCUT2D eigenvalue weighted by atomic mass is 10.0. The maximum Gasteiger partial charge on any atom is 0.224 e. The maximum absolute atomic E-state index is 11.5. The number of anilines is 2. The van der Waals surface area contributed by atoms with E-state index in [4.69, 9.17) is 27.9 Å². The molecule has 204 valence electrons. The van der Waals surface area contributed by atoms with Gasteiger partial charge in [0, 0.05) is 44.4 Å². The summed E-state index contributed by atoms with van der Waals surface area (Å²) in [6.45, 7) is 5.71. The lowest BCUT2D eigenvalue weighted by Crippen LogP contribution is -2.46. The summed E-state index contributed by atoms with van der Waals surface area (Å²) in [4.78, 5) is 35.2. The number of nitrogens with one attached hydrogen (secondary N) is 1. The molecule has 9 nitrogen and oxygen atoms in total. The number of carbonyl (C=O) groups excluding carboxylic acids is 3. The van der Waals surface area contributed by atoms with Crippen LogP contribution in [0.5, 0.6) is 5.75 Å². The fourth-order valence-corrected chi connectivity index (χ4v) is 4.57. The molecule has 0 radical (unpaired) electrons. The second-order valence-electron chi connectivity index (χ2n) is 8.80. The third-order valence-electron chi connectivity index (χ3n) is 6.11. The number of rotatable bonds is 9. The van der Waals surface area contributed by atoms with Crippen molar-refractivity contribution < 1.29 is 29.3 Å². The molecule has 2 aliphatic rings. The SMILES string of the molecule is O=C([O-])/C=C/C(=O)[O-].O=C1CCc2ccc(OCCCCN3CCN(c4cccc(Cl)c4Cl)CC3)cc2N1. The molecule has 4 rings (SSSR count). The highest BCUT2D eigenvalue weighted by Gasteiger charge is 2.19. The fourth-order valence-electron chi connectivity index (χ4n) is 4.15. The van der Waals surface area contributed by atoms with E-state index in [2.05, 4.69) is 21.2 Å². The third kappa shape index (κ3) is 9.24. The Morgan fingerprint density at radius 3 is 2.37 bits per heavy atom. The molecule has 1 fully saturated rings. The number of nitrogens with zero attached hydrogens (tertiary/aromatic N) is 2. The Morgan fingerprint density at radius 2 is 1.68 bits per heavy atom. The van der Waals surface area contributed by atoms with Gasteiger partial charge in [0.15, 0.2) is 0 Å². The molecule has 38 heavy (non-hydrogen) atoms. The average Bonchev–Trinajstić information content (AvgIpc) is 2.89. The first-order valence-corrected chi connectivity index (χ1v) is 13.1. The topological polar surface area (TPSA) is 125 Å². The van der Waals surface area contributed by atoms with Crippen LogP contribution in [-0.2, 0) is 20.8 Å². The first kappa shape index (κ1) is 29.3. The average molecular weight is 562 g/mol. The van der Waals surface area contributed by atoms with E-state index in [1.54, 1.807) is 0 Å². The molecule has 0 unspecified atom stereocenters. The van der Waals surface area contributed by atoms with E-state index in [0.29, 0.717) is 35.2 Å². The van der Waals surface area contributed by atoms with Gasteiger partial charge in [-0.1, -0.05) is 35.3 Å². The van der Waals surface area contributed by atoms with Gasteiger partial charge in [-0.2, -0.15) is 0 Å². The van der Waals surface area contributed by atoms with Gasteiger partial charge >= 0.3 is 0 Å². The Hall–Kier alpha value is -3.27. The van der Waals surface area contributed by atoms with E-state index in [-0.39, 0.29) is 5.91 Å². The molecular formula is C27H29Cl2N3O6-2. The number of carbonyl (C=O) groups is 3. The van der Waals surface area contributed by atoms with Gasteiger partial charge < -0.3 is 34.8 Å². The van der Waals surface area contributed by atoms with Gasteiger partial charge in [0.1, 0.15) is 5.75 Å². The van der Waals surface area contributed by atoms with Crippen LogP contribution in [-0.4, -0.2) is 62.1 Å². The summed E-state index contributed by atoms with van der Waals surface area (Å²) in [6, 6.07) is 11.8. The molecule has 0 atom stereocenters. The van der Waals surface area contributed by atoms with E-state index < -0.39 is 11.9 Å². The molecule has 1 amide bonds. The van der Waals surface area contributed by atoms with Crippen molar-refractivity contribution in [2.24, 2.45) is 0 Å². The number of carboxylic acids is 2. The lowest BCUT2D eigenvalue weighted by molar-refractivity contribution is -0.301. The van der Waals surface area contributed by atoms with Gasteiger partial charge in [0.2, 0.25) is 5.91 Å². The number of amides is 1. The number of ether oxygens (including phenoxy) is 1. The Kier molecular flexibility index (Phi) is 11.3. The molecule has 0 saturated carbocycles. The van der Waals surface area contributed by atoms with E-state index >= 15 is 0 Å². The zero-order chi connectivity index (χ0) is 27.5. The normalized spacial score (nSPS) is 15.3. The molecular weight excluding hydrogens is 533 g/mol. The van der Waals surface area contributed by atoms with Crippen LogP contribution < -0.4 is 25.2 Å². The smallest absolute Gasteiger partial charge is 0.224 e. The third-order valence-corrected chi connectivity index (χ3v) is 6.92. The monoisotopic (exact) mass is 561 g/mol. The number of aryl methyl sites for hydroxylation is 1. The van der Waals surface area contributed by atoms with Gasteiger partial charge in [-0.3, -0.25) is 9.69 Å². The van der Waals surface area contributed by atoms with Gasteiger partial charge in [-0.05, 0) is 61.7 Å². The lowest BCUT2D eigenvalue weighted by Gasteiger charge is -2.36. The minimum atomic E-state index is -1.55. The van der Waals surface area contributed by atoms with Crippen molar-refractivity contribution in [3.8, 4) is 5.75 Å². The summed E-state index contributed by atoms with van der Waals surface area (Å²) < 4.78 is 5.89. The standard InChI is InChI=1S/C23H27Cl2N3O2.C4H4O4/c24-19-4-3-5-21(23(19)25)28-13-11-27(12-14-28)10-1-2-15-30-18-8-6-17-7-9-22(29)26-20(17)16-18;5-3(6)1-2-4(7)8/h3-6,8,16H,1-2,7,9-15H2,(H,26,29);1-2H,(H,5,6)(H,7,8)/p-2/b;2-1+. The maximum atomic E-state index is 11.5. The van der Waals surface area contributed by atoms with E-state index in [9.17, 15) is 24.6 Å². The number of hydrogen-bond acceptors (Lipinski definition) is 8. The fraction of sp³-hybridized carbons (Fsp3) is 0.370. The van der Waals surface area contributed by atoms with Crippen LogP contribution in [0.3, 0.4) is 0 Å². The van der Waals surface area contributed by atoms with Crippen molar-refractivity contribution in [3.05, 3.63) is 64.2 Å². The summed E-state index contributed by atoms with van der Waals surface area (Å²) in [7, 11) is 0. The van der Waals surface area contributed by atoms with Crippen molar-refractivity contribution in [3.63, 3.8) is 0 Å². The Balaban J connectivity index is 0.000000436. The largest absolute Gasteiger partial charge is 0.545 e. The van der Waals surface area contributed by atoms with Crippen molar-refractivity contribution in [1.82, 2.24) is 4.90 Å². The minimum Gasteiger partial charge on any atom is -0.545 e. The molecule has 0 bridgehead atoms. The Bertz CT molecular complexity index is 1150. The summed E-state index contributed by atoms with van der Waals surface area (Å²) in [5, 5.41) is 23.0. The first-order chi connectivity index (χ1) is 18.2. The molecule has 0 spiro atoms. The number of unbranched alkanes of at least 4 members (excludes halogenated alkanes) is 1. The highest BCUT2D eigenvalue weighted by molar-refractivity contribution is 6.43. The van der Waals surface area contributed by atoms with Gasteiger partial charge in [0.05, 0.1) is 34.3 Å². The van der Waals surface area contributed by atoms with Gasteiger partial charge in [-0.25, -0.2) is 0 Å². The van der Waals surface area contributed by atoms with Crippen molar-refractivity contribution in [2.75, 3.05) is 49.5 Å². The number of piperazine rings is 1. The van der Waals surface area contributed by atoms with Gasteiger partial charge in [0.25, 0.3) is 0 Å². The minimum absolute atomic E-state index is 0.0809. The van der Waals surface area contributed by atoms with Crippen LogP contribution in [0.2, 0.25) is 10.0 Å². The molecule has 2 aromatic rings. The number of hydrogen-bond donors (Lipinski definition) is 1. The zero-order valence-electron chi connectivity index (χ0n) is 20.8. The van der Waals surface area contributed by atoms with Crippen LogP contribution in [0.25, 0.3) is 0 Å². The van der Waals surface area contributed by atoms with Crippen molar-refractivity contribution in [2.45, 2.75) is 25.7 Å². The van der Waals surface area contributed by atoms with Crippen molar-refractivity contribution >= 4 is 52.4 Å². The van der Waals surface area contributed by atoms with Crippen LogP contribution in [0.4, 0.5) is 11.4 Å². The second-order valence-corrected chi connectivity index (χ2v) is 9.58. The highest BCUT2D eigenvalue weighted by atomic mass is 35.5. The number of fused-ring (bicyclic) bond motifs is 1. The predicted molar refractivity (Wildman–Crippen MR) is 142 cm³/mol. The summed E-state index contributed by atoms with van der Waals surface area (Å²) in [5.41, 5.74) is 3.10. The van der Waals surface area contributed by atoms with E-state index in [0.717, 1.165) is 69.1 Å². The first-order valence-electron chi connectivity index (χ1n) is 12.3. The number of carboxylic acid groups (broad SMARTS) is 2. The second kappa shape index (κ2) is 14.6. The quantitative estimate of drug-likeness (QED) is 0.363. The zero-order valence-corrected chi connectivity index (χ0v) is 22.3. The van der Waals surface area contributed by atoms with Crippen LogP contribution in [0.15, 0.2) is 48.6 Å². The molecule has 2 aromatic carbocycles. The number of halogens is 2. The molecule has 1 saturated heterocycles. The van der Waals surface area contributed by atoms with Crippen molar-refractivity contribution in [1.29, 1.82) is 0 Å². The van der Waals surface area contributed by atoms with Crippen LogP contribution in [0, 0.1) is 0 Å².